The Bertz CT molecular complexity index is 1440. The van der Waals surface area contributed by atoms with Crippen LogP contribution in [0.1, 0.15) is 5.56 Å². The summed E-state index contributed by atoms with van der Waals surface area (Å²) in [6.45, 7) is -0.127. The summed E-state index contributed by atoms with van der Waals surface area (Å²) in [5, 5.41) is 16.4. The standard InChI is InChI=1S/C23H17FN4O4/c24-16-8-5-14-11-28(20(30)18(14)10-16)12-23(21(31)26-22(32)27-23)15-6-3-13(4-7-15)17-2-1-9-25-19(17)29/h1-11,30H,12H2,(H,25,29)(H2,26,27,31,32)/t23-/m0/s1. The van der Waals surface area contributed by atoms with Crippen molar-refractivity contribution in [1.29, 1.82) is 0 Å². The second-order valence-electron chi connectivity index (χ2n) is 7.62. The van der Waals surface area contributed by atoms with Gasteiger partial charge in [-0.3, -0.25) is 14.9 Å². The molecule has 1 atom stereocenters. The van der Waals surface area contributed by atoms with Crippen molar-refractivity contribution in [2.24, 2.45) is 0 Å². The van der Waals surface area contributed by atoms with Gasteiger partial charge in [0.25, 0.3) is 11.5 Å². The number of carbonyl (C=O) groups excluding carboxylic acids is 2. The van der Waals surface area contributed by atoms with Gasteiger partial charge in [-0.05, 0) is 41.5 Å². The molecule has 1 fully saturated rings. The number of aromatic nitrogens is 2. The molecule has 0 bridgehead atoms. The van der Waals surface area contributed by atoms with Gasteiger partial charge < -0.3 is 20.0 Å². The lowest BCUT2D eigenvalue weighted by Gasteiger charge is -2.27. The second kappa shape index (κ2) is 7.09. The van der Waals surface area contributed by atoms with Gasteiger partial charge in [0, 0.05) is 28.7 Å². The second-order valence-corrected chi connectivity index (χ2v) is 7.62. The number of nitrogens with zero attached hydrogens (tertiary/aromatic N) is 1. The van der Waals surface area contributed by atoms with Crippen molar-refractivity contribution < 1.29 is 19.1 Å². The zero-order chi connectivity index (χ0) is 22.5. The third kappa shape index (κ3) is 3.02. The topological polar surface area (TPSA) is 116 Å². The number of nitrogens with one attached hydrogen (secondary N) is 3. The lowest BCUT2D eigenvalue weighted by atomic mass is 9.88. The molecule has 1 saturated heterocycles. The SMILES string of the molecule is O=C1NC(=O)[C@](Cn2cc3ccc(F)cc3c2O)(c2ccc(-c3ccc[nH]c3=O)cc2)N1. The molecule has 0 spiro atoms. The van der Waals surface area contributed by atoms with Crippen LogP contribution in [0.15, 0.2) is 71.8 Å². The van der Waals surface area contributed by atoms with E-state index in [1.807, 2.05) is 0 Å². The minimum atomic E-state index is -1.51. The third-order valence-corrected chi connectivity index (χ3v) is 5.68. The van der Waals surface area contributed by atoms with Gasteiger partial charge in [0.15, 0.2) is 11.4 Å². The van der Waals surface area contributed by atoms with Crippen molar-refractivity contribution in [3.05, 3.63) is 88.7 Å². The molecule has 2 aromatic carbocycles. The van der Waals surface area contributed by atoms with Crippen molar-refractivity contribution in [2.45, 2.75) is 12.1 Å². The Balaban J connectivity index is 1.59. The first-order chi connectivity index (χ1) is 15.4. The highest BCUT2D eigenvalue weighted by atomic mass is 19.1. The first kappa shape index (κ1) is 19.6. The summed E-state index contributed by atoms with van der Waals surface area (Å²) in [6.07, 6.45) is 3.12. The van der Waals surface area contributed by atoms with Crippen molar-refractivity contribution in [3.63, 3.8) is 0 Å². The van der Waals surface area contributed by atoms with E-state index in [0.29, 0.717) is 27.5 Å². The first-order valence-corrected chi connectivity index (χ1v) is 9.77. The normalized spacial score (nSPS) is 18.0. The molecule has 8 nitrogen and oxygen atoms in total. The van der Waals surface area contributed by atoms with E-state index in [1.165, 1.54) is 29.0 Å². The van der Waals surface area contributed by atoms with Gasteiger partial charge in [-0.1, -0.05) is 24.3 Å². The Morgan fingerprint density at radius 2 is 1.81 bits per heavy atom. The van der Waals surface area contributed by atoms with Crippen LogP contribution in [0.2, 0.25) is 0 Å². The number of hydrogen-bond donors (Lipinski definition) is 4. The van der Waals surface area contributed by atoms with E-state index in [0.717, 1.165) is 0 Å². The van der Waals surface area contributed by atoms with Gasteiger partial charge >= 0.3 is 6.03 Å². The van der Waals surface area contributed by atoms with Crippen LogP contribution in [-0.4, -0.2) is 26.6 Å². The van der Waals surface area contributed by atoms with Crippen LogP contribution >= 0.6 is 0 Å². The number of amides is 3. The number of halogens is 1. The Hall–Kier alpha value is -4.40. The molecule has 9 heteroatoms. The molecule has 3 heterocycles. The van der Waals surface area contributed by atoms with Crippen LogP contribution in [0.4, 0.5) is 9.18 Å². The summed E-state index contributed by atoms with van der Waals surface area (Å²) in [5.41, 5.74) is -0.202. The highest BCUT2D eigenvalue weighted by molar-refractivity contribution is 6.07. The largest absolute Gasteiger partial charge is 0.494 e. The predicted octanol–water partition coefficient (Wildman–Crippen LogP) is 2.58. The van der Waals surface area contributed by atoms with Crippen LogP contribution in [0.3, 0.4) is 0 Å². The van der Waals surface area contributed by atoms with Gasteiger partial charge in [0.2, 0.25) is 0 Å². The number of rotatable bonds is 4. The summed E-state index contributed by atoms with van der Waals surface area (Å²) >= 11 is 0. The van der Waals surface area contributed by atoms with Gasteiger partial charge in [-0.15, -0.1) is 0 Å². The molecule has 3 amide bonds. The van der Waals surface area contributed by atoms with Gasteiger partial charge in [0.05, 0.1) is 6.54 Å². The molecule has 0 aliphatic carbocycles. The summed E-state index contributed by atoms with van der Waals surface area (Å²) in [6, 6.07) is 13.4. The summed E-state index contributed by atoms with van der Waals surface area (Å²) < 4.78 is 15.0. The van der Waals surface area contributed by atoms with Crippen LogP contribution in [0.5, 0.6) is 5.88 Å². The van der Waals surface area contributed by atoms with Crippen LogP contribution < -0.4 is 16.2 Å². The van der Waals surface area contributed by atoms with Gasteiger partial charge in [0.1, 0.15) is 5.82 Å². The maximum absolute atomic E-state index is 13.6. The molecule has 0 saturated carbocycles. The Kier molecular flexibility index (Phi) is 4.33. The smallest absolute Gasteiger partial charge is 0.322 e. The van der Waals surface area contributed by atoms with Crippen LogP contribution in [0.25, 0.3) is 21.9 Å². The highest BCUT2D eigenvalue weighted by Crippen LogP contribution is 2.34. The van der Waals surface area contributed by atoms with E-state index in [2.05, 4.69) is 15.6 Å². The zero-order valence-electron chi connectivity index (χ0n) is 16.6. The quantitative estimate of drug-likeness (QED) is 0.371. The fourth-order valence-electron chi connectivity index (χ4n) is 4.08. The van der Waals surface area contributed by atoms with Crippen molar-refractivity contribution in [2.75, 3.05) is 0 Å². The summed E-state index contributed by atoms with van der Waals surface area (Å²) in [7, 11) is 0. The fraction of sp³-hybridized carbons (Fsp3) is 0.0870. The van der Waals surface area contributed by atoms with E-state index < -0.39 is 23.3 Å². The zero-order valence-corrected chi connectivity index (χ0v) is 16.6. The third-order valence-electron chi connectivity index (χ3n) is 5.68. The molecule has 0 radical (unpaired) electrons. The number of aromatic amines is 1. The first-order valence-electron chi connectivity index (χ1n) is 9.77. The number of benzene rings is 2. The van der Waals surface area contributed by atoms with Crippen molar-refractivity contribution in [3.8, 4) is 17.0 Å². The Morgan fingerprint density at radius 1 is 1.03 bits per heavy atom. The van der Waals surface area contributed by atoms with E-state index >= 15 is 0 Å². The summed E-state index contributed by atoms with van der Waals surface area (Å²) in [5.74, 6) is -1.31. The molecule has 5 rings (SSSR count). The van der Waals surface area contributed by atoms with E-state index in [4.69, 9.17) is 0 Å². The minimum Gasteiger partial charge on any atom is -0.494 e. The van der Waals surface area contributed by atoms with E-state index in [-0.39, 0.29) is 18.0 Å². The maximum Gasteiger partial charge on any atom is 0.322 e. The number of fused-ring (bicyclic) bond motifs is 1. The number of urea groups is 1. The average Bonchev–Trinajstić information content (AvgIpc) is 3.24. The molecule has 1 aliphatic rings. The van der Waals surface area contributed by atoms with Crippen LogP contribution in [0, 0.1) is 5.82 Å². The van der Waals surface area contributed by atoms with Gasteiger partial charge in [-0.25, -0.2) is 9.18 Å². The molecule has 4 aromatic rings. The van der Waals surface area contributed by atoms with Crippen molar-refractivity contribution >= 4 is 22.7 Å². The van der Waals surface area contributed by atoms with E-state index in [9.17, 15) is 23.9 Å². The van der Waals surface area contributed by atoms with Gasteiger partial charge in [-0.2, -0.15) is 0 Å². The molecule has 160 valence electrons. The van der Waals surface area contributed by atoms with Crippen LogP contribution in [-0.2, 0) is 16.9 Å². The molecular weight excluding hydrogens is 415 g/mol. The molecule has 32 heavy (non-hydrogen) atoms. The monoisotopic (exact) mass is 432 g/mol. The fourth-order valence-corrected chi connectivity index (χ4v) is 4.08. The number of imide groups is 1. The lowest BCUT2D eigenvalue weighted by Crippen LogP contribution is -2.47. The molecule has 4 N–H and O–H groups in total. The maximum atomic E-state index is 13.6. The highest BCUT2D eigenvalue weighted by Gasteiger charge is 2.48. The number of carbonyl (C=O) groups is 2. The number of aromatic hydroxyl groups is 1. The summed E-state index contributed by atoms with van der Waals surface area (Å²) in [4.78, 5) is 39.6. The number of H-pyrrole nitrogens is 1. The minimum absolute atomic E-state index is 0.127. The Morgan fingerprint density at radius 3 is 2.50 bits per heavy atom. The number of hydrogen-bond acceptors (Lipinski definition) is 4. The molecular formula is C23H17FN4O4. The molecule has 1 aliphatic heterocycles. The molecule has 0 unspecified atom stereocenters. The predicted molar refractivity (Wildman–Crippen MR) is 114 cm³/mol. The number of pyridine rings is 1. The Labute approximate surface area is 180 Å². The average molecular weight is 432 g/mol. The molecule has 2 aromatic heterocycles. The lowest BCUT2D eigenvalue weighted by molar-refractivity contribution is -0.124. The van der Waals surface area contributed by atoms with E-state index in [1.54, 1.807) is 42.6 Å². The van der Waals surface area contributed by atoms with Crippen molar-refractivity contribution in [1.82, 2.24) is 20.2 Å².